The zero-order valence-corrected chi connectivity index (χ0v) is 14.6. The van der Waals surface area contributed by atoms with Gasteiger partial charge in [0.2, 0.25) is 5.91 Å². The first kappa shape index (κ1) is 18.0. The van der Waals surface area contributed by atoms with E-state index in [1.165, 1.54) is 25.9 Å². The molecule has 0 radical (unpaired) electrons. The van der Waals surface area contributed by atoms with Gasteiger partial charge >= 0.3 is 0 Å². The number of rotatable bonds is 8. The maximum Gasteiger partial charge on any atom is 0.239 e. The van der Waals surface area contributed by atoms with Gasteiger partial charge in [-0.3, -0.25) is 9.69 Å². The summed E-state index contributed by atoms with van der Waals surface area (Å²) in [6.45, 7) is 6.49. The van der Waals surface area contributed by atoms with Crippen LogP contribution in [0.3, 0.4) is 0 Å². The lowest BCUT2D eigenvalue weighted by Crippen LogP contribution is -2.44. The van der Waals surface area contributed by atoms with Gasteiger partial charge in [0.25, 0.3) is 0 Å². The van der Waals surface area contributed by atoms with Crippen molar-refractivity contribution in [1.82, 2.24) is 9.80 Å². The lowest BCUT2D eigenvalue weighted by Gasteiger charge is -2.37. The molecule has 0 saturated carbocycles. The Bertz CT molecular complexity index is 469. The van der Waals surface area contributed by atoms with Crippen LogP contribution in [-0.2, 0) is 4.79 Å². The van der Waals surface area contributed by atoms with Crippen molar-refractivity contribution >= 4 is 5.91 Å². The van der Waals surface area contributed by atoms with Crippen LogP contribution in [0.1, 0.15) is 44.2 Å². The number of benzene rings is 1. The van der Waals surface area contributed by atoms with Crippen LogP contribution in [0.15, 0.2) is 30.3 Å². The first-order valence-electron chi connectivity index (χ1n) is 8.88. The third-order valence-electron chi connectivity index (χ3n) is 4.86. The highest BCUT2D eigenvalue weighted by Crippen LogP contribution is 2.27. The highest BCUT2D eigenvalue weighted by molar-refractivity contribution is 5.81. The van der Waals surface area contributed by atoms with E-state index in [-0.39, 0.29) is 11.9 Å². The summed E-state index contributed by atoms with van der Waals surface area (Å²) in [6.07, 6.45) is 4.81. The normalized spacial score (nSPS) is 18.2. The molecule has 23 heavy (non-hydrogen) atoms. The number of hydrogen-bond donors (Lipinski definition) is 1. The zero-order valence-electron chi connectivity index (χ0n) is 14.6. The topological polar surface area (TPSA) is 49.6 Å². The Morgan fingerprint density at radius 1 is 1.30 bits per heavy atom. The highest BCUT2D eigenvalue weighted by atomic mass is 16.1. The summed E-state index contributed by atoms with van der Waals surface area (Å²) in [5.41, 5.74) is 6.69. The Balaban J connectivity index is 1.88. The molecule has 1 aromatic rings. The second-order valence-corrected chi connectivity index (χ2v) is 6.81. The lowest BCUT2D eigenvalue weighted by molar-refractivity contribution is -0.124. The van der Waals surface area contributed by atoms with E-state index in [4.69, 9.17) is 5.73 Å². The molecule has 128 valence electrons. The molecule has 0 aliphatic carbocycles. The van der Waals surface area contributed by atoms with Crippen molar-refractivity contribution in [2.24, 2.45) is 11.7 Å². The predicted molar refractivity (Wildman–Crippen MR) is 95.1 cm³/mol. The minimum absolute atomic E-state index is 0.241. The van der Waals surface area contributed by atoms with Crippen molar-refractivity contribution in [3.63, 3.8) is 0 Å². The van der Waals surface area contributed by atoms with Crippen molar-refractivity contribution in [3.8, 4) is 0 Å². The number of piperidine rings is 1. The largest absolute Gasteiger partial charge is 0.368 e. The van der Waals surface area contributed by atoms with Crippen LogP contribution in [0.2, 0.25) is 0 Å². The molecule has 0 unspecified atom stereocenters. The Labute approximate surface area is 140 Å². The molecular weight excluding hydrogens is 286 g/mol. The molecule has 0 bridgehead atoms. The first-order valence-corrected chi connectivity index (χ1v) is 8.88. The number of amides is 1. The van der Waals surface area contributed by atoms with Crippen LogP contribution < -0.4 is 5.73 Å². The van der Waals surface area contributed by atoms with E-state index in [1.807, 2.05) is 30.3 Å². The number of likely N-dealkylation sites (tertiary alicyclic amines) is 1. The van der Waals surface area contributed by atoms with Crippen molar-refractivity contribution in [2.75, 3.05) is 33.2 Å². The summed E-state index contributed by atoms with van der Waals surface area (Å²) >= 11 is 0. The fourth-order valence-corrected chi connectivity index (χ4v) is 3.54. The molecule has 2 rings (SSSR count). The molecule has 1 heterocycles. The van der Waals surface area contributed by atoms with Gasteiger partial charge in [-0.2, -0.15) is 0 Å². The van der Waals surface area contributed by atoms with Crippen LogP contribution in [0.4, 0.5) is 0 Å². The van der Waals surface area contributed by atoms with Crippen molar-refractivity contribution in [3.05, 3.63) is 35.9 Å². The molecule has 1 fully saturated rings. The van der Waals surface area contributed by atoms with Crippen LogP contribution in [0, 0.1) is 5.92 Å². The van der Waals surface area contributed by atoms with Crippen LogP contribution >= 0.6 is 0 Å². The third-order valence-corrected chi connectivity index (χ3v) is 4.86. The number of unbranched alkanes of at least 4 members (excludes halogenated alkanes) is 1. The van der Waals surface area contributed by atoms with E-state index in [1.54, 1.807) is 0 Å². The molecule has 2 N–H and O–H groups in total. The third kappa shape index (κ3) is 5.33. The fourth-order valence-electron chi connectivity index (χ4n) is 3.54. The van der Waals surface area contributed by atoms with Crippen molar-refractivity contribution in [2.45, 2.75) is 38.6 Å². The predicted octanol–water partition coefficient (Wildman–Crippen LogP) is 2.66. The second kappa shape index (κ2) is 9.04. The molecule has 4 nitrogen and oxygen atoms in total. The summed E-state index contributed by atoms with van der Waals surface area (Å²) in [7, 11) is 2.22. The van der Waals surface area contributed by atoms with Crippen molar-refractivity contribution < 1.29 is 4.79 Å². The van der Waals surface area contributed by atoms with Gasteiger partial charge in [0, 0.05) is 6.54 Å². The van der Waals surface area contributed by atoms with Gasteiger partial charge in [-0.15, -0.1) is 0 Å². The number of nitrogens with zero attached hydrogens (tertiary/aromatic N) is 2. The lowest BCUT2D eigenvalue weighted by atomic mass is 9.93. The van der Waals surface area contributed by atoms with E-state index in [2.05, 4.69) is 23.8 Å². The minimum atomic E-state index is -0.282. The van der Waals surface area contributed by atoms with Gasteiger partial charge in [-0.1, -0.05) is 43.7 Å². The molecule has 0 spiro atoms. The van der Waals surface area contributed by atoms with E-state index < -0.39 is 0 Å². The maximum atomic E-state index is 11.9. The Kier molecular flexibility index (Phi) is 7.06. The number of carbonyl (C=O) groups excluding carboxylic acids is 1. The van der Waals surface area contributed by atoms with E-state index in [0.717, 1.165) is 37.4 Å². The fraction of sp³-hybridized carbons (Fsp3) is 0.632. The zero-order chi connectivity index (χ0) is 16.7. The average molecular weight is 317 g/mol. The minimum Gasteiger partial charge on any atom is -0.368 e. The Morgan fingerprint density at radius 2 is 1.96 bits per heavy atom. The van der Waals surface area contributed by atoms with Crippen LogP contribution in [0.25, 0.3) is 0 Å². The van der Waals surface area contributed by atoms with Gasteiger partial charge in [-0.05, 0) is 57.4 Å². The summed E-state index contributed by atoms with van der Waals surface area (Å²) in [4.78, 5) is 16.7. The summed E-state index contributed by atoms with van der Waals surface area (Å²) in [5, 5.41) is 0. The molecule has 0 aromatic heterocycles. The standard InChI is InChI=1S/C19H31N3O/c1-3-4-12-21(2)15-16-10-13-22(14-11-16)18(19(20)23)17-8-6-5-7-9-17/h5-9,16,18H,3-4,10-15H2,1-2H3,(H2,20,23)/t18-/m1/s1. The monoisotopic (exact) mass is 317 g/mol. The molecule has 1 saturated heterocycles. The second-order valence-electron chi connectivity index (χ2n) is 6.81. The van der Waals surface area contributed by atoms with Crippen LogP contribution in [-0.4, -0.2) is 48.9 Å². The van der Waals surface area contributed by atoms with Gasteiger partial charge in [0.05, 0.1) is 0 Å². The number of nitrogens with two attached hydrogens (primary N) is 1. The van der Waals surface area contributed by atoms with Gasteiger partial charge in [-0.25, -0.2) is 0 Å². The van der Waals surface area contributed by atoms with Crippen LogP contribution in [0.5, 0.6) is 0 Å². The molecule has 1 aliphatic heterocycles. The smallest absolute Gasteiger partial charge is 0.239 e. The van der Waals surface area contributed by atoms with Gasteiger partial charge in [0.15, 0.2) is 0 Å². The van der Waals surface area contributed by atoms with Gasteiger partial charge in [0.1, 0.15) is 6.04 Å². The SMILES string of the molecule is CCCCN(C)CC1CCN([C@@H](C(N)=O)c2ccccc2)CC1. The quantitative estimate of drug-likeness (QED) is 0.802. The van der Waals surface area contributed by atoms with Gasteiger partial charge < -0.3 is 10.6 Å². The summed E-state index contributed by atoms with van der Waals surface area (Å²) < 4.78 is 0. The Morgan fingerprint density at radius 3 is 2.52 bits per heavy atom. The highest BCUT2D eigenvalue weighted by Gasteiger charge is 2.29. The van der Waals surface area contributed by atoms with Crippen molar-refractivity contribution in [1.29, 1.82) is 0 Å². The average Bonchev–Trinajstić information content (AvgIpc) is 2.55. The molecule has 1 aromatic carbocycles. The molecule has 4 heteroatoms. The maximum absolute atomic E-state index is 11.9. The molecule has 1 atom stereocenters. The summed E-state index contributed by atoms with van der Waals surface area (Å²) in [6, 6.07) is 9.64. The summed E-state index contributed by atoms with van der Waals surface area (Å²) in [5.74, 6) is 0.493. The van der Waals surface area contributed by atoms with E-state index >= 15 is 0 Å². The molecule has 1 amide bonds. The van der Waals surface area contributed by atoms with E-state index in [9.17, 15) is 4.79 Å². The molecular formula is C19H31N3O. The van der Waals surface area contributed by atoms with E-state index in [0.29, 0.717) is 0 Å². The number of carbonyl (C=O) groups is 1. The molecule has 1 aliphatic rings. The number of primary amides is 1. The Hall–Kier alpha value is -1.39. The number of hydrogen-bond acceptors (Lipinski definition) is 3. The first-order chi connectivity index (χ1) is 11.1.